The van der Waals surface area contributed by atoms with E-state index in [1.165, 1.54) is 32.1 Å². The van der Waals surface area contributed by atoms with Crippen molar-refractivity contribution in [3.63, 3.8) is 0 Å². The maximum absolute atomic E-state index is 6.08. The topological polar surface area (TPSA) is 30.7 Å². The summed E-state index contributed by atoms with van der Waals surface area (Å²) in [6.45, 7) is 2.29. The molecule has 1 fully saturated rings. The largest absolute Gasteiger partial charge is 0.309 e. The van der Waals surface area contributed by atoms with E-state index in [1.54, 1.807) is 0 Å². The first-order valence-corrected chi connectivity index (χ1v) is 7.74. The molecule has 2 aromatic heterocycles. The van der Waals surface area contributed by atoms with Gasteiger partial charge in [0.05, 0.1) is 5.88 Å². The Balaban J connectivity index is 2.02. The number of hydrogen-bond donors (Lipinski definition) is 0. The molecule has 0 spiro atoms. The fourth-order valence-electron chi connectivity index (χ4n) is 3.32. The summed E-state index contributed by atoms with van der Waals surface area (Å²) >= 11 is 6.08. The van der Waals surface area contributed by atoms with Crippen LogP contribution in [0, 0.1) is 5.92 Å². The third-order valence-electron chi connectivity index (χ3n) is 4.34. The van der Waals surface area contributed by atoms with Gasteiger partial charge in [0, 0.05) is 12.2 Å². The number of pyridine rings is 1. The van der Waals surface area contributed by atoms with Crippen molar-refractivity contribution < 1.29 is 0 Å². The summed E-state index contributed by atoms with van der Waals surface area (Å²) in [7, 11) is 0. The number of rotatable bonds is 3. The zero-order valence-corrected chi connectivity index (χ0v) is 12.1. The average Bonchev–Trinajstić information content (AvgIpc) is 2.85. The molecule has 19 heavy (non-hydrogen) atoms. The van der Waals surface area contributed by atoms with Crippen molar-refractivity contribution in [2.75, 3.05) is 0 Å². The SMILES string of the molecule is CCC1CCCC(n2c(CCl)nc3cccnc32)C1. The van der Waals surface area contributed by atoms with Crippen LogP contribution in [0.3, 0.4) is 0 Å². The number of aromatic nitrogens is 3. The smallest absolute Gasteiger partial charge is 0.160 e. The van der Waals surface area contributed by atoms with Gasteiger partial charge >= 0.3 is 0 Å². The molecule has 0 saturated heterocycles. The minimum Gasteiger partial charge on any atom is -0.309 e. The van der Waals surface area contributed by atoms with Crippen molar-refractivity contribution >= 4 is 22.8 Å². The highest BCUT2D eigenvalue weighted by Gasteiger charge is 2.25. The summed E-state index contributed by atoms with van der Waals surface area (Å²) in [6, 6.07) is 4.48. The summed E-state index contributed by atoms with van der Waals surface area (Å²) in [5.74, 6) is 2.27. The van der Waals surface area contributed by atoms with Crippen molar-refractivity contribution in [1.29, 1.82) is 0 Å². The van der Waals surface area contributed by atoms with Crippen LogP contribution in [0.15, 0.2) is 18.3 Å². The highest BCUT2D eigenvalue weighted by atomic mass is 35.5. The van der Waals surface area contributed by atoms with E-state index in [0.717, 1.165) is 22.9 Å². The predicted octanol–water partition coefficient (Wildman–Crippen LogP) is 4.31. The maximum Gasteiger partial charge on any atom is 0.160 e. The molecule has 0 aromatic carbocycles. The van der Waals surface area contributed by atoms with Gasteiger partial charge in [-0.2, -0.15) is 0 Å². The van der Waals surface area contributed by atoms with E-state index in [2.05, 4.69) is 21.5 Å². The molecule has 4 heteroatoms. The highest BCUT2D eigenvalue weighted by Crippen LogP contribution is 2.36. The molecule has 1 aliphatic rings. The van der Waals surface area contributed by atoms with Gasteiger partial charge in [-0.25, -0.2) is 9.97 Å². The van der Waals surface area contributed by atoms with Gasteiger partial charge in [-0.05, 0) is 30.9 Å². The molecule has 0 radical (unpaired) electrons. The first kappa shape index (κ1) is 12.9. The molecule has 2 aromatic rings. The quantitative estimate of drug-likeness (QED) is 0.783. The lowest BCUT2D eigenvalue weighted by molar-refractivity contribution is 0.262. The molecule has 1 saturated carbocycles. The standard InChI is InChI=1S/C15H20ClN3/c1-2-11-5-3-6-12(9-11)19-14(10-16)18-13-7-4-8-17-15(13)19/h4,7-8,11-12H,2-3,5-6,9-10H2,1H3. The van der Waals surface area contributed by atoms with Gasteiger partial charge in [0.2, 0.25) is 0 Å². The van der Waals surface area contributed by atoms with Crippen molar-refractivity contribution in [3.8, 4) is 0 Å². The van der Waals surface area contributed by atoms with Crippen LogP contribution in [0.4, 0.5) is 0 Å². The Labute approximate surface area is 119 Å². The zero-order valence-electron chi connectivity index (χ0n) is 11.3. The van der Waals surface area contributed by atoms with E-state index >= 15 is 0 Å². The van der Waals surface area contributed by atoms with Crippen LogP contribution < -0.4 is 0 Å². The average molecular weight is 278 g/mol. The molecular formula is C15H20ClN3. The predicted molar refractivity (Wildman–Crippen MR) is 78.4 cm³/mol. The molecule has 0 aliphatic heterocycles. The van der Waals surface area contributed by atoms with E-state index in [4.69, 9.17) is 11.6 Å². The van der Waals surface area contributed by atoms with Crippen molar-refractivity contribution in [2.24, 2.45) is 5.92 Å². The number of hydrogen-bond acceptors (Lipinski definition) is 2. The van der Waals surface area contributed by atoms with Crippen molar-refractivity contribution in [3.05, 3.63) is 24.2 Å². The molecule has 3 nitrogen and oxygen atoms in total. The molecule has 2 atom stereocenters. The second-order valence-corrected chi connectivity index (χ2v) is 5.74. The number of halogens is 1. The molecule has 0 N–H and O–H groups in total. The second-order valence-electron chi connectivity index (χ2n) is 5.47. The lowest BCUT2D eigenvalue weighted by atomic mass is 9.84. The number of imidazole rings is 1. The van der Waals surface area contributed by atoms with E-state index in [9.17, 15) is 0 Å². The van der Waals surface area contributed by atoms with Gasteiger partial charge in [-0.3, -0.25) is 0 Å². The Morgan fingerprint density at radius 3 is 3.11 bits per heavy atom. The van der Waals surface area contributed by atoms with Crippen LogP contribution in [0.2, 0.25) is 0 Å². The molecular weight excluding hydrogens is 258 g/mol. The summed E-state index contributed by atoms with van der Waals surface area (Å²) in [6.07, 6.45) is 8.25. The third-order valence-corrected chi connectivity index (χ3v) is 4.58. The van der Waals surface area contributed by atoms with Gasteiger partial charge in [0.15, 0.2) is 5.65 Å². The minimum atomic E-state index is 0.462. The Morgan fingerprint density at radius 1 is 1.42 bits per heavy atom. The third kappa shape index (κ3) is 2.36. The zero-order chi connectivity index (χ0) is 13.2. The minimum absolute atomic E-state index is 0.462. The molecule has 2 heterocycles. The highest BCUT2D eigenvalue weighted by molar-refractivity contribution is 6.16. The Morgan fingerprint density at radius 2 is 2.32 bits per heavy atom. The summed E-state index contributed by atoms with van der Waals surface area (Å²) in [5.41, 5.74) is 1.97. The van der Waals surface area contributed by atoms with Crippen LogP contribution in [0.25, 0.3) is 11.2 Å². The summed E-state index contributed by atoms with van der Waals surface area (Å²) < 4.78 is 2.30. The Kier molecular flexibility index (Phi) is 3.74. The lowest BCUT2D eigenvalue weighted by Gasteiger charge is -2.30. The number of alkyl halides is 1. The van der Waals surface area contributed by atoms with Crippen LogP contribution in [0.1, 0.15) is 50.9 Å². The fourth-order valence-corrected chi connectivity index (χ4v) is 3.51. The lowest BCUT2D eigenvalue weighted by Crippen LogP contribution is -2.20. The van der Waals surface area contributed by atoms with Gasteiger partial charge in [-0.1, -0.05) is 26.2 Å². The van der Waals surface area contributed by atoms with Crippen LogP contribution >= 0.6 is 11.6 Å². The van der Waals surface area contributed by atoms with E-state index in [1.807, 2.05) is 18.3 Å². The number of nitrogens with zero attached hydrogens (tertiary/aromatic N) is 3. The molecule has 102 valence electrons. The Bertz CT molecular complexity index is 564. The van der Waals surface area contributed by atoms with Crippen LogP contribution in [-0.4, -0.2) is 14.5 Å². The first-order chi connectivity index (χ1) is 9.33. The maximum atomic E-state index is 6.08. The summed E-state index contributed by atoms with van der Waals surface area (Å²) in [4.78, 5) is 9.14. The summed E-state index contributed by atoms with van der Waals surface area (Å²) in [5, 5.41) is 0. The van der Waals surface area contributed by atoms with Gasteiger partial charge < -0.3 is 4.57 Å². The van der Waals surface area contributed by atoms with Gasteiger partial charge in [0.1, 0.15) is 11.3 Å². The Hall–Kier alpha value is -1.09. The molecule has 0 bridgehead atoms. The normalized spacial score (nSPS) is 23.9. The van der Waals surface area contributed by atoms with E-state index in [0.29, 0.717) is 11.9 Å². The van der Waals surface area contributed by atoms with Crippen molar-refractivity contribution in [1.82, 2.24) is 14.5 Å². The molecule has 2 unspecified atom stereocenters. The van der Waals surface area contributed by atoms with Gasteiger partial charge in [0.25, 0.3) is 0 Å². The van der Waals surface area contributed by atoms with E-state index < -0.39 is 0 Å². The van der Waals surface area contributed by atoms with E-state index in [-0.39, 0.29) is 0 Å². The molecule has 3 rings (SSSR count). The fraction of sp³-hybridized carbons (Fsp3) is 0.600. The monoisotopic (exact) mass is 277 g/mol. The van der Waals surface area contributed by atoms with Crippen molar-refractivity contribution in [2.45, 2.75) is 50.9 Å². The number of fused-ring (bicyclic) bond motifs is 1. The second kappa shape index (κ2) is 5.49. The van der Waals surface area contributed by atoms with Crippen LogP contribution in [-0.2, 0) is 5.88 Å². The molecule has 0 amide bonds. The first-order valence-electron chi connectivity index (χ1n) is 7.21. The van der Waals surface area contributed by atoms with Gasteiger partial charge in [-0.15, -0.1) is 11.6 Å². The van der Waals surface area contributed by atoms with Crippen LogP contribution in [0.5, 0.6) is 0 Å². The molecule has 1 aliphatic carbocycles.